The van der Waals surface area contributed by atoms with Gasteiger partial charge < -0.3 is 10.2 Å². The molecule has 1 unspecified atom stereocenters. The number of hydrogen-bond acceptors (Lipinski definition) is 2. The van der Waals surface area contributed by atoms with Gasteiger partial charge in [0.2, 0.25) is 5.91 Å². The van der Waals surface area contributed by atoms with Crippen molar-refractivity contribution >= 4 is 11.9 Å². The van der Waals surface area contributed by atoms with E-state index in [1.54, 1.807) is 11.0 Å². The van der Waals surface area contributed by atoms with E-state index >= 15 is 0 Å². The lowest BCUT2D eigenvalue weighted by Crippen LogP contribution is -2.42. The summed E-state index contributed by atoms with van der Waals surface area (Å²) in [4.78, 5) is 27.7. The van der Waals surface area contributed by atoms with Crippen molar-refractivity contribution < 1.29 is 22.8 Å². The predicted molar refractivity (Wildman–Crippen MR) is 89.0 cm³/mol. The first-order valence-electron chi connectivity index (χ1n) is 8.69. The van der Waals surface area contributed by atoms with Gasteiger partial charge in [-0.1, -0.05) is 26.0 Å². The zero-order chi connectivity index (χ0) is 19.1. The van der Waals surface area contributed by atoms with E-state index in [2.05, 4.69) is 5.32 Å². The Morgan fingerprint density at radius 2 is 1.96 bits per heavy atom. The first kappa shape index (κ1) is 18.5. The molecule has 1 aliphatic carbocycles. The van der Waals surface area contributed by atoms with Crippen LogP contribution in [0.1, 0.15) is 43.9 Å². The standard InChI is InChI=1S/C18H22F3N3O2/c1-11(2)16(12-4-3-5-13(8-12)18(19,20)21)22-17(26)23-9-15(25)24(10-23)14-6-7-14/h3-5,8,11,14,16H,6-7,9-10H2,1-2H3,(H,22,26). The lowest BCUT2D eigenvalue weighted by atomic mass is 9.94. The predicted octanol–water partition coefficient (Wildman–Crippen LogP) is 3.38. The number of amides is 3. The van der Waals surface area contributed by atoms with Crippen molar-refractivity contribution in [2.45, 2.75) is 44.9 Å². The summed E-state index contributed by atoms with van der Waals surface area (Å²) in [6, 6.07) is 4.21. The van der Waals surface area contributed by atoms with Gasteiger partial charge in [-0.15, -0.1) is 0 Å². The maximum Gasteiger partial charge on any atom is 0.416 e. The molecule has 142 valence electrons. The van der Waals surface area contributed by atoms with E-state index in [9.17, 15) is 22.8 Å². The molecule has 26 heavy (non-hydrogen) atoms. The second-order valence-corrected chi connectivity index (χ2v) is 7.23. The van der Waals surface area contributed by atoms with Crippen LogP contribution < -0.4 is 5.32 Å². The SMILES string of the molecule is CC(C)C(NC(=O)N1CC(=O)N(C2CC2)C1)c1cccc(C(F)(F)F)c1. The van der Waals surface area contributed by atoms with Crippen LogP contribution in [0.5, 0.6) is 0 Å². The minimum absolute atomic E-state index is 0.00966. The Labute approximate surface area is 150 Å². The van der Waals surface area contributed by atoms with Gasteiger partial charge in [0.1, 0.15) is 6.54 Å². The molecule has 1 atom stereocenters. The van der Waals surface area contributed by atoms with Crippen molar-refractivity contribution in [1.82, 2.24) is 15.1 Å². The summed E-state index contributed by atoms with van der Waals surface area (Å²) in [6.07, 6.45) is -2.52. The van der Waals surface area contributed by atoms with Gasteiger partial charge in [0.05, 0.1) is 18.3 Å². The summed E-state index contributed by atoms with van der Waals surface area (Å²) in [5, 5.41) is 2.79. The Morgan fingerprint density at radius 1 is 1.27 bits per heavy atom. The zero-order valence-corrected chi connectivity index (χ0v) is 14.7. The zero-order valence-electron chi connectivity index (χ0n) is 14.7. The second-order valence-electron chi connectivity index (χ2n) is 7.23. The molecule has 1 heterocycles. The summed E-state index contributed by atoms with van der Waals surface area (Å²) in [5.74, 6) is -0.192. The van der Waals surface area contributed by atoms with Crippen LogP contribution in [0.25, 0.3) is 0 Å². The molecular formula is C18H22F3N3O2. The highest BCUT2D eigenvalue weighted by Crippen LogP contribution is 2.33. The van der Waals surface area contributed by atoms with Gasteiger partial charge in [0.15, 0.2) is 0 Å². The van der Waals surface area contributed by atoms with Crippen LogP contribution in [0, 0.1) is 5.92 Å². The molecule has 2 aliphatic rings. The number of halogens is 3. The van der Waals surface area contributed by atoms with Crippen LogP contribution in [-0.4, -0.2) is 41.0 Å². The first-order valence-corrected chi connectivity index (χ1v) is 8.69. The Kier molecular flexibility index (Phi) is 4.86. The summed E-state index contributed by atoms with van der Waals surface area (Å²) in [7, 11) is 0. The van der Waals surface area contributed by atoms with Crippen molar-refractivity contribution in [3.63, 3.8) is 0 Å². The number of benzene rings is 1. The number of urea groups is 1. The average Bonchev–Trinajstić information content (AvgIpc) is 3.33. The third-order valence-electron chi connectivity index (χ3n) is 4.76. The number of carbonyl (C=O) groups excluding carboxylic acids is 2. The molecule has 1 saturated heterocycles. The largest absolute Gasteiger partial charge is 0.416 e. The van der Waals surface area contributed by atoms with Crippen LogP contribution in [0.3, 0.4) is 0 Å². The first-order chi connectivity index (χ1) is 12.2. The van der Waals surface area contributed by atoms with Crippen molar-refractivity contribution in [2.24, 2.45) is 5.92 Å². The fraction of sp³-hybridized carbons (Fsp3) is 0.556. The Bertz CT molecular complexity index is 701. The number of rotatable bonds is 4. The van der Waals surface area contributed by atoms with Crippen LogP contribution in [0.15, 0.2) is 24.3 Å². The van der Waals surface area contributed by atoms with E-state index < -0.39 is 23.8 Å². The molecule has 1 N–H and O–H groups in total. The Morgan fingerprint density at radius 3 is 2.54 bits per heavy atom. The molecule has 2 fully saturated rings. The third-order valence-corrected chi connectivity index (χ3v) is 4.76. The van der Waals surface area contributed by atoms with Crippen LogP contribution >= 0.6 is 0 Å². The molecule has 3 amide bonds. The molecule has 0 aromatic heterocycles. The molecule has 0 spiro atoms. The second kappa shape index (κ2) is 6.81. The molecule has 5 nitrogen and oxygen atoms in total. The number of carbonyl (C=O) groups is 2. The molecule has 1 saturated carbocycles. The molecule has 1 aromatic carbocycles. The molecular weight excluding hydrogens is 347 g/mol. The molecule has 1 aliphatic heterocycles. The third kappa shape index (κ3) is 3.94. The summed E-state index contributed by atoms with van der Waals surface area (Å²) in [6.45, 7) is 3.91. The van der Waals surface area contributed by atoms with Crippen molar-refractivity contribution in [3.05, 3.63) is 35.4 Å². The maximum atomic E-state index is 13.0. The van der Waals surface area contributed by atoms with E-state index in [0.717, 1.165) is 25.0 Å². The molecule has 3 rings (SSSR count). The van der Waals surface area contributed by atoms with Crippen molar-refractivity contribution in [2.75, 3.05) is 13.2 Å². The minimum atomic E-state index is -4.44. The summed E-state index contributed by atoms with van der Waals surface area (Å²) >= 11 is 0. The van der Waals surface area contributed by atoms with Gasteiger partial charge in [-0.3, -0.25) is 9.69 Å². The maximum absolute atomic E-state index is 13.0. The molecule has 1 aromatic rings. The number of nitrogens with zero attached hydrogens (tertiary/aromatic N) is 2. The highest BCUT2D eigenvalue weighted by atomic mass is 19.4. The van der Waals surface area contributed by atoms with E-state index in [0.29, 0.717) is 5.56 Å². The molecule has 8 heteroatoms. The van der Waals surface area contributed by atoms with E-state index in [4.69, 9.17) is 0 Å². The van der Waals surface area contributed by atoms with E-state index in [1.165, 1.54) is 11.0 Å². The minimum Gasteiger partial charge on any atom is -0.331 e. The van der Waals surface area contributed by atoms with Crippen LogP contribution in [0.4, 0.5) is 18.0 Å². The number of hydrogen-bond donors (Lipinski definition) is 1. The summed E-state index contributed by atoms with van der Waals surface area (Å²) < 4.78 is 38.9. The van der Waals surface area contributed by atoms with E-state index in [-0.39, 0.29) is 31.1 Å². The topological polar surface area (TPSA) is 52.7 Å². The quantitative estimate of drug-likeness (QED) is 0.885. The van der Waals surface area contributed by atoms with Crippen LogP contribution in [0.2, 0.25) is 0 Å². The van der Waals surface area contributed by atoms with Crippen LogP contribution in [-0.2, 0) is 11.0 Å². The Hall–Kier alpha value is -2.25. The fourth-order valence-corrected chi connectivity index (χ4v) is 3.18. The lowest BCUT2D eigenvalue weighted by Gasteiger charge is -2.26. The monoisotopic (exact) mass is 369 g/mol. The van der Waals surface area contributed by atoms with Gasteiger partial charge in [0, 0.05) is 6.04 Å². The lowest BCUT2D eigenvalue weighted by molar-refractivity contribution is -0.137. The highest BCUT2D eigenvalue weighted by Gasteiger charge is 2.40. The molecule has 0 bridgehead atoms. The van der Waals surface area contributed by atoms with Gasteiger partial charge in [-0.05, 0) is 36.5 Å². The number of alkyl halides is 3. The van der Waals surface area contributed by atoms with Gasteiger partial charge in [-0.25, -0.2) is 4.79 Å². The summed E-state index contributed by atoms with van der Waals surface area (Å²) in [5.41, 5.74) is -0.348. The normalized spacial score (nSPS) is 19.2. The van der Waals surface area contributed by atoms with E-state index in [1.807, 2.05) is 13.8 Å². The fourth-order valence-electron chi connectivity index (χ4n) is 3.18. The van der Waals surface area contributed by atoms with Crippen molar-refractivity contribution in [3.8, 4) is 0 Å². The van der Waals surface area contributed by atoms with Gasteiger partial charge in [0.25, 0.3) is 0 Å². The number of nitrogens with one attached hydrogen (secondary N) is 1. The molecule has 0 radical (unpaired) electrons. The van der Waals surface area contributed by atoms with Gasteiger partial charge in [-0.2, -0.15) is 13.2 Å². The van der Waals surface area contributed by atoms with Gasteiger partial charge >= 0.3 is 12.2 Å². The van der Waals surface area contributed by atoms with Crippen molar-refractivity contribution in [1.29, 1.82) is 0 Å². The smallest absolute Gasteiger partial charge is 0.331 e. The highest BCUT2D eigenvalue weighted by molar-refractivity contribution is 5.87. The average molecular weight is 369 g/mol. The Balaban J connectivity index is 1.73.